The van der Waals surface area contributed by atoms with Gasteiger partial charge in [-0.25, -0.2) is 0 Å². The topological polar surface area (TPSA) is 82.4 Å². The van der Waals surface area contributed by atoms with Gasteiger partial charge in [0.25, 0.3) is 5.91 Å². The minimum absolute atomic E-state index is 0.000235. The molecule has 0 fully saturated rings. The molecule has 0 aliphatic rings. The highest BCUT2D eigenvalue weighted by Gasteiger charge is 2.16. The SMILES string of the molecule is O=C([O-])c1cccc(NC(=O)c2cccc3c2oc2ccccc23)c1. The lowest BCUT2D eigenvalue weighted by atomic mass is 10.1. The molecule has 1 amide bonds. The predicted octanol–water partition coefficient (Wildman–Crippen LogP) is 3.20. The molecule has 4 rings (SSSR count). The van der Waals surface area contributed by atoms with E-state index >= 15 is 0 Å². The van der Waals surface area contributed by atoms with Gasteiger partial charge in [-0.15, -0.1) is 0 Å². The second-order valence-electron chi connectivity index (χ2n) is 5.60. The highest BCUT2D eigenvalue weighted by molar-refractivity contribution is 6.16. The van der Waals surface area contributed by atoms with E-state index in [4.69, 9.17) is 4.42 Å². The molecule has 0 spiro atoms. The van der Waals surface area contributed by atoms with E-state index < -0.39 is 5.97 Å². The van der Waals surface area contributed by atoms with E-state index in [1.165, 1.54) is 12.1 Å². The normalized spacial score (nSPS) is 10.9. The summed E-state index contributed by atoms with van der Waals surface area (Å²) in [4.78, 5) is 23.6. The zero-order valence-electron chi connectivity index (χ0n) is 13.0. The van der Waals surface area contributed by atoms with Crippen LogP contribution in [-0.4, -0.2) is 11.9 Å². The van der Waals surface area contributed by atoms with Crippen LogP contribution in [-0.2, 0) is 0 Å². The number of benzene rings is 3. The van der Waals surface area contributed by atoms with E-state index in [0.717, 1.165) is 10.8 Å². The molecule has 0 saturated heterocycles. The highest BCUT2D eigenvalue weighted by Crippen LogP contribution is 2.31. The monoisotopic (exact) mass is 330 g/mol. The third-order valence-corrected chi connectivity index (χ3v) is 4.01. The molecule has 5 nitrogen and oxygen atoms in total. The van der Waals surface area contributed by atoms with Gasteiger partial charge in [0.15, 0.2) is 0 Å². The van der Waals surface area contributed by atoms with Crippen molar-refractivity contribution in [2.24, 2.45) is 0 Å². The molecule has 0 radical (unpaired) electrons. The van der Waals surface area contributed by atoms with Crippen molar-refractivity contribution in [3.63, 3.8) is 0 Å². The number of nitrogens with one attached hydrogen (secondary N) is 1. The third kappa shape index (κ3) is 2.61. The Hall–Kier alpha value is -3.60. The molecule has 1 N–H and O–H groups in total. The van der Waals surface area contributed by atoms with Gasteiger partial charge in [0.05, 0.1) is 11.5 Å². The van der Waals surface area contributed by atoms with Gasteiger partial charge in [-0.1, -0.05) is 42.5 Å². The van der Waals surface area contributed by atoms with Crippen LogP contribution in [0.5, 0.6) is 0 Å². The lowest BCUT2D eigenvalue weighted by Crippen LogP contribution is -2.22. The summed E-state index contributed by atoms with van der Waals surface area (Å²) in [5.41, 5.74) is 1.96. The number of rotatable bonds is 3. The Balaban J connectivity index is 1.75. The molecule has 0 unspecified atom stereocenters. The average molecular weight is 330 g/mol. The summed E-state index contributed by atoms with van der Waals surface area (Å²) in [6.45, 7) is 0. The Bertz CT molecular complexity index is 1130. The van der Waals surface area contributed by atoms with E-state index in [0.29, 0.717) is 22.4 Å². The molecule has 1 heterocycles. The molecular formula is C20H12NO4-. The number of amides is 1. The van der Waals surface area contributed by atoms with Gasteiger partial charge in [-0.05, 0) is 29.8 Å². The Morgan fingerprint density at radius 3 is 2.48 bits per heavy atom. The molecule has 0 saturated carbocycles. The fourth-order valence-corrected chi connectivity index (χ4v) is 2.85. The Morgan fingerprint density at radius 2 is 1.64 bits per heavy atom. The van der Waals surface area contributed by atoms with E-state index in [1.807, 2.05) is 30.3 Å². The van der Waals surface area contributed by atoms with Crippen LogP contribution in [0.2, 0.25) is 0 Å². The molecule has 4 aromatic rings. The summed E-state index contributed by atoms with van der Waals surface area (Å²) in [6.07, 6.45) is 0. The summed E-state index contributed by atoms with van der Waals surface area (Å²) < 4.78 is 5.84. The number of carboxylic acid groups (broad SMARTS) is 1. The molecule has 25 heavy (non-hydrogen) atoms. The van der Waals surface area contributed by atoms with Crippen LogP contribution in [0.1, 0.15) is 20.7 Å². The maximum atomic E-state index is 12.7. The van der Waals surface area contributed by atoms with Crippen molar-refractivity contribution >= 4 is 39.5 Å². The average Bonchev–Trinajstić information content (AvgIpc) is 3.00. The minimum atomic E-state index is -1.30. The molecule has 3 aromatic carbocycles. The van der Waals surface area contributed by atoms with Crippen molar-refractivity contribution in [1.29, 1.82) is 0 Å². The molecular weight excluding hydrogens is 318 g/mol. The molecule has 0 aliphatic carbocycles. The number of aromatic carboxylic acids is 1. The quantitative estimate of drug-likeness (QED) is 0.625. The largest absolute Gasteiger partial charge is 0.545 e. The maximum absolute atomic E-state index is 12.7. The predicted molar refractivity (Wildman–Crippen MR) is 92.4 cm³/mol. The summed E-state index contributed by atoms with van der Waals surface area (Å²) in [6, 6.07) is 18.8. The second kappa shape index (κ2) is 5.79. The number of hydrogen-bond acceptors (Lipinski definition) is 4. The zero-order chi connectivity index (χ0) is 17.4. The van der Waals surface area contributed by atoms with Crippen LogP contribution in [0, 0.1) is 0 Å². The first-order valence-corrected chi connectivity index (χ1v) is 7.66. The van der Waals surface area contributed by atoms with Crippen molar-refractivity contribution in [2.45, 2.75) is 0 Å². The summed E-state index contributed by atoms with van der Waals surface area (Å²) in [5, 5.41) is 15.4. The number of carboxylic acids is 1. The first-order chi connectivity index (χ1) is 12.1. The number of hydrogen-bond donors (Lipinski definition) is 1. The number of carbonyl (C=O) groups excluding carboxylic acids is 2. The minimum Gasteiger partial charge on any atom is -0.545 e. The Kier molecular flexibility index (Phi) is 3.47. The molecule has 0 bridgehead atoms. The highest BCUT2D eigenvalue weighted by atomic mass is 16.4. The molecule has 1 aromatic heterocycles. The summed E-state index contributed by atoms with van der Waals surface area (Å²) in [5.74, 6) is -1.67. The summed E-state index contributed by atoms with van der Waals surface area (Å²) in [7, 11) is 0. The van der Waals surface area contributed by atoms with E-state index in [9.17, 15) is 14.7 Å². The standard InChI is InChI=1S/C20H13NO4/c22-19(21-13-6-3-5-12(11-13)20(23)24)16-9-4-8-15-14-7-1-2-10-17(14)25-18(15)16/h1-11H,(H,21,22)(H,23,24)/p-1. The van der Waals surface area contributed by atoms with Crippen molar-refractivity contribution in [3.05, 3.63) is 77.9 Å². The van der Waals surface area contributed by atoms with Crippen LogP contribution in [0.4, 0.5) is 5.69 Å². The number of anilines is 1. The van der Waals surface area contributed by atoms with Crippen LogP contribution < -0.4 is 10.4 Å². The van der Waals surface area contributed by atoms with Crippen molar-refractivity contribution < 1.29 is 19.1 Å². The van der Waals surface area contributed by atoms with Crippen LogP contribution in [0.3, 0.4) is 0 Å². The van der Waals surface area contributed by atoms with Gasteiger partial charge in [0.2, 0.25) is 0 Å². The smallest absolute Gasteiger partial charge is 0.259 e. The first kappa shape index (κ1) is 15.0. The van der Waals surface area contributed by atoms with Gasteiger partial charge in [-0.3, -0.25) is 4.79 Å². The van der Waals surface area contributed by atoms with Gasteiger partial charge in [0, 0.05) is 16.5 Å². The van der Waals surface area contributed by atoms with Crippen LogP contribution in [0.15, 0.2) is 71.1 Å². The van der Waals surface area contributed by atoms with Gasteiger partial charge in [-0.2, -0.15) is 0 Å². The Morgan fingerprint density at radius 1 is 0.880 bits per heavy atom. The number of carbonyl (C=O) groups is 2. The second-order valence-corrected chi connectivity index (χ2v) is 5.60. The fraction of sp³-hybridized carbons (Fsp3) is 0. The van der Waals surface area contributed by atoms with Gasteiger partial charge < -0.3 is 19.6 Å². The first-order valence-electron chi connectivity index (χ1n) is 7.66. The van der Waals surface area contributed by atoms with Crippen LogP contribution in [0.25, 0.3) is 21.9 Å². The van der Waals surface area contributed by atoms with Crippen LogP contribution >= 0.6 is 0 Å². The third-order valence-electron chi connectivity index (χ3n) is 4.01. The van der Waals surface area contributed by atoms with Crippen molar-refractivity contribution in [1.82, 2.24) is 0 Å². The number of fused-ring (bicyclic) bond motifs is 3. The van der Waals surface area contributed by atoms with Gasteiger partial charge in [0.1, 0.15) is 11.2 Å². The lowest BCUT2D eigenvalue weighted by Gasteiger charge is -2.08. The molecule has 0 atom stereocenters. The van der Waals surface area contributed by atoms with Crippen molar-refractivity contribution in [2.75, 3.05) is 5.32 Å². The number of furan rings is 1. The van der Waals surface area contributed by atoms with E-state index in [1.54, 1.807) is 24.3 Å². The Labute approximate surface area is 142 Å². The van der Waals surface area contributed by atoms with E-state index in [-0.39, 0.29) is 11.5 Å². The number of para-hydroxylation sites is 2. The molecule has 122 valence electrons. The molecule has 0 aliphatic heterocycles. The van der Waals surface area contributed by atoms with Gasteiger partial charge >= 0.3 is 0 Å². The summed E-state index contributed by atoms with van der Waals surface area (Å²) >= 11 is 0. The fourth-order valence-electron chi connectivity index (χ4n) is 2.85. The zero-order valence-corrected chi connectivity index (χ0v) is 13.0. The lowest BCUT2D eigenvalue weighted by molar-refractivity contribution is -0.255. The van der Waals surface area contributed by atoms with E-state index in [2.05, 4.69) is 5.32 Å². The maximum Gasteiger partial charge on any atom is 0.259 e. The molecule has 5 heteroatoms. The van der Waals surface area contributed by atoms with Crippen molar-refractivity contribution in [3.8, 4) is 0 Å².